The SMILES string of the molecule is O=C1NC2(CCN(C(=O)CCc3ccccc3)CC2)Nc2ccc(Cl)cc21. The van der Waals surface area contributed by atoms with E-state index >= 15 is 0 Å². The minimum absolute atomic E-state index is 0.116. The number of nitrogens with one attached hydrogen (secondary N) is 2. The molecule has 0 aromatic heterocycles. The third-order valence-corrected chi connectivity index (χ3v) is 5.63. The molecule has 0 saturated carbocycles. The number of anilines is 1. The van der Waals surface area contributed by atoms with Crippen molar-refractivity contribution < 1.29 is 9.59 Å². The third kappa shape index (κ3) is 3.78. The highest BCUT2D eigenvalue weighted by Gasteiger charge is 2.40. The van der Waals surface area contributed by atoms with Crippen molar-refractivity contribution in [2.45, 2.75) is 31.3 Å². The Balaban J connectivity index is 1.36. The lowest BCUT2D eigenvalue weighted by atomic mass is 9.92. The number of nitrogens with zero attached hydrogens (tertiary/aromatic N) is 1. The first kappa shape index (κ1) is 17.9. The molecule has 2 N–H and O–H groups in total. The summed E-state index contributed by atoms with van der Waals surface area (Å²) in [5, 5.41) is 7.09. The summed E-state index contributed by atoms with van der Waals surface area (Å²) in [5.41, 5.74) is 2.05. The molecule has 6 heteroatoms. The second kappa shape index (κ2) is 7.24. The van der Waals surface area contributed by atoms with E-state index in [-0.39, 0.29) is 11.8 Å². The molecule has 0 bridgehead atoms. The maximum Gasteiger partial charge on any atom is 0.255 e. The Morgan fingerprint density at radius 2 is 1.81 bits per heavy atom. The van der Waals surface area contributed by atoms with E-state index < -0.39 is 5.66 Å². The van der Waals surface area contributed by atoms with Gasteiger partial charge in [0.15, 0.2) is 0 Å². The van der Waals surface area contributed by atoms with Crippen LogP contribution >= 0.6 is 11.6 Å². The van der Waals surface area contributed by atoms with E-state index in [4.69, 9.17) is 11.6 Å². The number of halogens is 1. The number of aryl methyl sites for hydroxylation is 1. The van der Waals surface area contributed by atoms with Gasteiger partial charge >= 0.3 is 0 Å². The minimum Gasteiger partial charge on any atom is -0.362 e. The molecule has 140 valence electrons. The molecular formula is C21H22ClN3O2. The molecule has 2 heterocycles. The Kier molecular flexibility index (Phi) is 4.79. The summed E-state index contributed by atoms with van der Waals surface area (Å²) in [7, 11) is 0. The zero-order valence-corrected chi connectivity index (χ0v) is 15.8. The number of carbonyl (C=O) groups excluding carboxylic acids is 2. The molecule has 0 radical (unpaired) electrons. The number of hydrogen-bond acceptors (Lipinski definition) is 3. The summed E-state index contributed by atoms with van der Waals surface area (Å²) in [6.45, 7) is 1.26. The number of hydrogen-bond donors (Lipinski definition) is 2. The van der Waals surface area contributed by atoms with E-state index in [9.17, 15) is 9.59 Å². The Morgan fingerprint density at radius 3 is 2.56 bits per heavy atom. The van der Waals surface area contributed by atoms with Crippen LogP contribution in [0.2, 0.25) is 5.02 Å². The molecule has 5 nitrogen and oxygen atoms in total. The maximum absolute atomic E-state index is 12.5. The Bertz CT molecular complexity index is 861. The number of benzene rings is 2. The van der Waals surface area contributed by atoms with E-state index in [1.807, 2.05) is 41.3 Å². The predicted molar refractivity (Wildman–Crippen MR) is 106 cm³/mol. The van der Waals surface area contributed by atoms with Gasteiger partial charge < -0.3 is 15.5 Å². The topological polar surface area (TPSA) is 61.4 Å². The Labute approximate surface area is 163 Å². The minimum atomic E-state index is -0.492. The molecule has 0 atom stereocenters. The van der Waals surface area contributed by atoms with Crippen LogP contribution in [0.5, 0.6) is 0 Å². The molecule has 2 aromatic carbocycles. The van der Waals surface area contributed by atoms with Crippen LogP contribution in [0, 0.1) is 0 Å². The summed E-state index contributed by atoms with van der Waals surface area (Å²) >= 11 is 6.00. The fraction of sp³-hybridized carbons (Fsp3) is 0.333. The molecule has 2 amide bonds. The molecule has 27 heavy (non-hydrogen) atoms. The number of rotatable bonds is 3. The maximum atomic E-state index is 12.5. The molecule has 1 fully saturated rings. The average molecular weight is 384 g/mol. The molecule has 0 unspecified atom stereocenters. The van der Waals surface area contributed by atoms with E-state index in [1.165, 1.54) is 5.56 Å². The molecular weight excluding hydrogens is 362 g/mol. The number of amides is 2. The van der Waals surface area contributed by atoms with E-state index in [2.05, 4.69) is 10.6 Å². The van der Waals surface area contributed by atoms with Gasteiger partial charge in [-0.05, 0) is 30.2 Å². The van der Waals surface area contributed by atoms with Crippen LogP contribution in [-0.2, 0) is 11.2 Å². The second-order valence-corrected chi connectivity index (χ2v) is 7.65. The molecule has 4 rings (SSSR count). The molecule has 2 aromatic rings. The van der Waals surface area contributed by atoms with Crippen molar-refractivity contribution in [1.29, 1.82) is 0 Å². The van der Waals surface area contributed by atoms with Crippen LogP contribution < -0.4 is 10.6 Å². The fourth-order valence-corrected chi connectivity index (χ4v) is 4.00. The standard InChI is InChI=1S/C21H22ClN3O2/c22-16-7-8-18-17(14-16)20(27)24-21(23-18)10-12-25(13-11-21)19(26)9-6-15-4-2-1-3-5-15/h1-5,7-8,14,23H,6,9-13H2,(H,24,27). The van der Waals surface area contributed by atoms with Gasteiger partial charge in [0.1, 0.15) is 5.66 Å². The lowest BCUT2D eigenvalue weighted by molar-refractivity contribution is -0.132. The molecule has 1 saturated heterocycles. The first-order chi connectivity index (χ1) is 13.0. The summed E-state index contributed by atoms with van der Waals surface area (Å²) in [6, 6.07) is 15.4. The fourth-order valence-electron chi connectivity index (χ4n) is 3.83. The Hall–Kier alpha value is -2.53. The molecule has 0 aliphatic carbocycles. The van der Waals surface area contributed by atoms with Gasteiger partial charge in [-0.25, -0.2) is 0 Å². The van der Waals surface area contributed by atoms with Crippen LogP contribution in [-0.4, -0.2) is 35.5 Å². The summed E-state index contributed by atoms with van der Waals surface area (Å²) in [6.07, 6.45) is 2.62. The first-order valence-corrected chi connectivity index (χ1v) is 9.64. The lowest BCUT2D eigenvalue weighted by Crippen LogP contribution is -2.62. The number of carbonyl (C=O) groups is 2. The third-order valence-electron chi connectivity index (χ3n) is 5.39. The quantitative estimate of drug-likeness (QED) is 0.853. The van der Waals surface area contributed by atoms with Gasteiger partial charge in [0, 0.05) is 43.1 Å². The average Bonchev–Trinajstić information content (AvgIpc) is 2.68. The number of fused-ring (bicyclic) bond motifs is 1. The van der Waals surface area contributed by atoms with E-state index in [0.717, 1.165) is 12.1 Å². The highest BCUT2D eigenvalue weighted by atomic mass is 35.5. The van der Waals surface area contributed by atoms with Crippen LogP contribution in [0.3, 0.4) is 0 Å². The van der Waals surface area contributed by atoms with E-state index in [0.29, 0.717) is 42.9 Å². The molecule has 2 aliphatic rings. The monoisotopic (exact) mass is 383 g/mol. The van der Waals surface area contributed by atoms with E-state index in [1.54, 1.807) is 12.1 Å². The second-order valence-electron chi connectivity index (χ2n) is 7.22. The van der Waals surface area contributed by atoms with Crippen LogP contribution in [0.1, 0.15) is 35.2 Å². The van der Waals surface area contributed by atoms with Gasteiger partial charge in [0.25, 0.3) is 5.91 Å². The van der Waals surface area contributed by atoms with Crippen LogP contribution in [0.4, 0.5) is 5.69 Å². The molecule has 2 aliphatic heterocycles. The zero-order chi connectivity index (χ0) is 18.9. The van der Waals surface area contributed by atoms with Crippen molar-refractivity contribution in [1.82, 2.24) is 10.2 Å². The van der Waals surface area contributed by atoms with Crippen molar-refractivity contribution in [2.75, 3.05) is 18.4 Å². The number of likely N-dealkylation sites (tertiary alicyclic amines) is 1. The molecule has 1 spiro atoms. The van der Waals surface area contributed by atoms with Crippen LogP contribution in [0.15, 0.2) is 48.5 Å². The van der Waals surface area contributed by atoms with Crippen molar-refractivity contribution >= 4 is 29.1 Å². The normalized spacial score (nSPS) is 17.8. The van der Waals surface area contributed by atoms with Gasteiger partial charge in [-0.2, -0.15) is 0 Å². The highest BCUT2D eigenvalue weighted by molar-refractivity contribution is 6.31. The summed E-state index contributed by atoms with van der Waals surface area (Å²) in [5.74, 6) is 0.0538. The smallest absolute Gasteiger partial charge is 0.255 e. The van der Waals surface area contributed by atoms with Gasteiger partial charge in [0.05, 0.1) is 5.56 Å². The van der Waals surface area contributed by atoms with Gasteiger partial charge in [-0.15, -0.1) is 0 Å². The van der Waals surface area contributed by atoms with Gasteiger partial charge in [-0.3, -0.25) is 9.59 Å². The van der Waals surface area contributed by atoms with Crippen molar-refractivity contribution in [3.63, 3.8) is 0 Å². The van der Waals surface area contributed by atoms with Crippen molar-refractivity contribution in [2.24, 2.45) is 0 Å². The van der Waals surface area contributed by atoms with Gasteiger partial charge in [-0.1, -0.05) is 41.9 Å². The summed E-state index contributed by atoms with van der Waals surface area (Å²) < 4.78 is 0. The lowest BCUT2D eigenvalue weighted by Gasteiger charge is -2.46. The van der Waals surface area contributed by atoms with Crippen LogP contribution in [0.25, 0.3) is 0 Å². The predicted octanol–water partition coefficient (Wildman–Crippen LogP) is 3.45. The summed E-state index contributed by atoms with van der Waals surface area (Å²) in [4.78, 5) is 26.9. The Morgan fingerprint density at radius 1 is 1.07 bits per heavy atom. The van der Waals surface area contributed by atoms with Crippen molar-refractivity contribution in [3.05, 3.63) is 64.7 Å². The number of piperidine rings is 1. The largest absolute Gasteiger partial charge is 0.362 e. The van der Waals surface area contributed by atoms with Gasteiger partial charge in [0.2, 0.25) is 5.91 Å². The van der Waals surface area contributed by atoms with Crippen molar-refractivity contribution in [3.8, 4) is 0 Å². The first-order valence-electron chi connectivity index (χ1n) is 9.27. The highest BCUT2D eigenvalue weighted by Crippen LogP contribution is 2.32. The zero-order valence-electron chi connectivity index (χ0n) is 15.0.